The summed E-state index contributed by atoms with van der Waals surface area (Å²) in [6, 6.07) is 3.60. The quantitative estimate of drug-likeness (QED) is 0.625. The fraction of sp³-hybridized carbons (Fsp3) is 0.286. The van der Waals surface area contributed by atoms with Crippen LogP contribution in [0.25, 0.3) is 0 Å². The van der Waals surface area contributed by atoms with E-state index in [2.05, 4.69) is 0 Å². The largest absolute Gasteiger partial charge is 0.285 e. The minimum Gasteiger partial charge on any atom is -0.285 e. The monoisotopic (exact) mass is 278 g/mol. The molecule has 0 unspecified atom stereocenters. The van der Waals surface area contributed by atoms with Crippen molar-refractivity contribution in [2.75, 3.05) is 0 Å². The van der Waals surface area contributed by atoms with Gasteiger partial charge in [0.05, 0.1) is 0 Å². The Balaban J connectivity index is 2.38. The van der Waals surface area contributed by atoms with Crippen LogP contribution in [-0.2, 0) is 0 Å². The zero-order chi connectivity index (χ0) is 13.4. The third kappa shape index (κ3) is 2.31. The Morgan fingerprint density at radius 3 is 1.33 bits per heavy atom. The normalized spacial score (nSPS) is 10.7. The molecule has 4 heteroatoms. The van der Waals surface area contributed by atoms with Crippen LogP contribution in [0.3, 0.4) is 0 Å². The van der Waals surface area contributed by atoms with Gasteiger partial charge in [-0.2, -0.15) is 0 Å². The molecule has 0 fully saturated rings. The first kappa shape index (κ1) is 13.2. The van der Waals surface area contributed by atoms with Crippen LogP contribution < -0.4 is 0 Å². The molecule has 2 aromatic heterocycles. The van der Waals surface area contributed by atoms with Crippen molar-refractivity contribution >= 4 is 34.2 Å². The second kappa shape index (κ2) is 4.78. The summed E-state index contributed by atoms with van der Waals surface area (Å²) in [5.74, 6) is -0.782. The molecule has 0 aliphatic carbocycles. The molecule has 18 heavy (non-hydrogen) atoms. The van der Waals surface area contributed by atoms with Crippen LogP contribution in [0.1, 0.15) is 40.2 Å². The van der Waals surface area contributed by atoms with E-state index < -0.39 is 11.6 Å². The average molecular weight is 278 g/mol. The van der Waals surface area contributed by atoms with Gasteiger partial charge >= 0.3 is 0 Å². The predicted octanol–water partition coefficient (Wildman–Crippen LogP) is 4.11. The van der Waals surface area contributed by atoms with Crippen molar-refractivity contribution in [2.24, 2.45) is 0 Å². The maximum absolute atomic E-state index is 12.2. The standard InChI is InChI=1S/C14H14O2S2/c1-7-5-11(9(3)17-7)13(15)14(16)12-6-8(2)18-10(12)4/h5-6H,1-4H3. The van der Waals surface area contributed by atoms with E-state index in [1.807, 2.05) is 27.7 Å². The number of ketones is 2. The molecular weight excluding hydrogens is 264 g/mol. The Morgan fingerprint density at radius 2 is 1.11 bits per heavy atom. The summed E-state index contributed by atoms with van der Waals surface area (Å²) in [4.78, 5) is 28.3. The molecule has 0 saturated carbocycles. The first-order valence-electron chi connectivity index (χ1n) is 5.63. The highest BCUT2D eigenvalue weighted by Crippen LogP contribution is 2.25. The van der Waals surface area contributed by atoms with Gasteiger partial charge in [0.15, 0.2) is 0 Å². The molecule has 0 aromatic carbocycles. The summed E-state index contributed by atoms with van der Waals surface area (Å²) < 4.78 is 0. The van der Waals surface area contributed by atoms with Gasteiger partial charge in [-0.05, 0) is 39.8 Å². The van der Waals surface area contributed by atoms with Crippen LogP contribution in [0.5, 0.6) is 0 Å². The molecule has 0 saturated heterocycles. The van der Waals surface area contributed by atoms with E-state index in [0.717, 1.165) is 19.5 Å². The molecule has 0 aliphatic heterocycles. The molecule has 0 atom stereocenters. The van der Waals surface area contributed by atoms with Crippen molar-refractivity contribution in [3.05, 3.63) is 42.8 Å². The van der Waals surface area contributed by atoms with Crippen molar-refractivity contribution in [1.82, 2.24) is 0 Å². The first-order valence-corrected chi connectivity index (χ1v) is 7.26. The lowest BCUT2D eigenvalue weighted by Crippen LogP contribution is -2.14. The number of thiophene rings is 2. The van der Waals surface area contributed by atoms with E-state index in [1.165, 1.54) is 0 Å². The topological polar surface area (TPSA) is 34.1 Å². The van der Waals surface area contributed by atoms with Crippen LogP contribution in [0.4, 0.5) is 0 Å². The Bertz CT molecular complexity index is 576. The fourth-order valence-electron chi connectivity index (χ4n) is 1.96. The molecule has 0 radical (unpaired) electrons. The molecule has 2 rings (SSSR count). The Labute approximate surface area is 114 Å². The number of carbonyl (C=O) groups is 2. The van der Waals surface area contributed by atoms with Gasteiger partial charge in [0, 0.05) is 30.6 Å². The lowest BCUT2D eigenvalue weighted by Gasteiger charge is -1.98. The number of Topliss-reactive ketones (excluding diaryl/α,β-unsaturated/α-hetero) is 2. The van der Waals surface area contributed by atoms with Gasteiger partial charge in [0.25, 0.3) is 0 Å². The number of aryl methyl sites for hydroxylation is 4. The van der Waals surface area contributed by atoms with Crippen LogP contribution in [0, 0.1) is 27.7 Å². The van der Waals surface area contributed by atoms with Gasteiger partial charge in [-0.1, -0.05) is 0 Å². The molecule has 2 aromatic rings. The molecule has 0 N–H and O–H groups in total. The van der Waals surface area contributed by atoms with Crippen LogP contribution >= 0.6 is 22.7 Å². The molecule has 0 amide bonds. The molecular formula is C14H14O2S2. The van der Waals surface area contributed by atoms with Gasteiger partial charge in [0.1, 0.15) is 0 Å². The third-order valence-electron chi connectivity index (χ3n) is 2.78. The Hall–Kier alpha value is -1.26. The highest BCUT2D eigenvalue weighted by Gasteiger charge is 2.23. The van der Waals surface area contributed by atoms with Gasteiger partial charge in [-0.25, -0.2) is 0 Å². The Kier molecular flexibility index (Phi) is 3.50. The van der Waals surface area contributed by atoms with Gasteiger partial charge < -0.3 is 0 Å². The number of carbonyl (C=O) groups excluding carboxylic acids is 2. The van der Waals surface area contributed by atoms with Crippen molar-refractivity contribution in [3.63, 3.8) is 0 Å². The number of rotatable bonds is 3. The summed E-state index contributed by atoms with van der Waals surface area (Å²) in [6.07, 6.45) is 0. The lowest BCUT2D eigenvalue weighted by molar-refractivity contribution is 0.0816. The van der Waals surface area contributed by atoms with E-state index >= 15 is 0 Å². The zero-order valence-electron chi connectivity index (χ0n) is 10.8. The van der Waals surface area contributed by atoms with Crippen molar-refractivity contribution in [1.29, 1.82) is 0 Å². The van der Waals surface area contributed by atoms with Crippen molar-refractivity contribution in [2.45, 2.75) is 27.7 Å². The third-order valence-corrected chi connectivity index (χ3v) is 4.71. The SMILES string of the molecule is Cc1cc(C(=O)C(=O)c2cc(C)sc2C)c(C)s1. The number of hydrogen-bond donors (Lipinski definition) is 0. The summed E-state index contributed by atoms with van der Waals surface area (Å²) in [5.41, 5.74) is 1.09. The molecule has 2 nitrogen and oxygen atoms in total. The number of hydrogen-bond acceptors (Lipinski definition) is 4. The van der Waals surface area contributed by atoms with Crippen molar-refractivity contribution in [3.8, 4) is 0 Å². The summed E-state index contributed by atoms with van der Waals surface area (Å²) in [7, 11) is 0. The summed E-state index contributed by atoms with van der Waals surface area (Å²) in [5, 5.41) is 0. The van der Waals surface area contributed by atoms with Crippen LogP contribution in [-0.4, -0.2) is 11.6 Å². The highest BCUT2D eigenvalue weighted by molar-refractivity contribution is 7.12. The second-order valence-corrected chi connectivity index (χ2v) is 7.23. The maximum atomic E-state index is 12.2. The highest BCUT2D eigenvalue weighted by atomic mass is 32.1. The van der Waals surface area contributed by atoms with Gasteiger partial charge in [-0.15, -0.1) is 22.7 Å². The summed E-state index contributed by atoms with van der Waals surface area (Å²) in [6.45, 7) is 7.64. The van der Waals surface area contributed by atoms with Gasteiger partial charge in [0.2, 0.25) is 11.6 Å². The van der Waals surface area contributed by atoms with E-state index in [1.54, 1.807) is 34.8 Å². The smallest absolute Gasteiger partial charge is 0.234 e. The molecule has 0 aliphatic rings. The van der Waals surface area contributed by atoms with E-state index in [9.17, 15) is 9.59 Å². The zero-order valence-corrected chi connectivity index (χ0v) is 12.4. The molecule has 0 spiro atoms. The maximum Gasteiger partial charge on any atom is 0.234 e. The van der Waals surface area contributed by atoms with E-state index in [-0.39, 0.29) is 0 Å². The van der Waals surface area contributed by atoms with Crippen molar-refractivity contribution < 1.29 is 9.59 Å². The first-order chi connectivity index (χ1) is 8.40. The minimum absolute atomic E-state index is 0.391. The lowest BCUT2D eigenvalue weighted by atomic mass is 10.0. The van der Waals surface area contributed by atoms with Crippen LogP contribution in [0.2, 0.25) is 0 Å². The minimum atomic E-state index is -0.391. The Morgan fingerprint density at radius 1 is 0.778 bits per heavy atom. The van der Waals surface area contributed by atoms with E-state index in [0.29, 0.717) is 11.1 Å². The molecule has 0 bridgehead atoms. The van der Waals surface area contributed by atoms with Crippen LogP contribution in [0.15, 0.2) is 12.1 Å². The average Bonchev–Trinajstić information content (AvgIpc) is 2.79. The predicted molar refractivity (Wildman–Crippen MR) is 76.2 cm³/mol. The van der Waals surface area contributed by atoms with Gasteiger partial charge in [-0.3, -0.25) is 9.59 Å². The van der Waals surface area contributed by atoms with E-state index in [4.69, 9.17) is 0 Å². The summed E-state index contributed by atoms with van der Waals surface area (Å²) >= 11 is 3.10. The molecule has 94 valence electrons. The fourth-order valence-corrected chi connectivity index (χ4v) is 3.80. The second-order valence-electron chi connectivity index (χ2n) is 4.31. The molecule has 2 heterocycles.